The molecule has 2 aromatic rings. The largest absolute Gasteiger partial charge is 0.393 e. The number of rotatable bonds is 5. The van der Waals surface area contributed by atoms with Gasteiger partial charge in [0.25, 0.3) is 0 Å². The summed E-state index contributed by atoms with van der Waals surface area (Å²) in [4.78, 5) is 25.6. The Balaban J connectivity index is 1.52. The minimum Gasteiger partial charge on any atom is -0.393 e. The molecule has 144 valence electrons. The minimum atomic E-state index is -1.15. The number of para-hydroxylation sites is 2. The second-order valence-electron chi connectivity index (χ2n) is 6.86. The summed E-state index contributed by atoms with van der Waals surface area (Å²) in [6.45, 7) is 2.77. The van der Waals surface area contributed by atoms with E-state index in [9.17, 15) is 9.90 Å². The Hall–Kier alpha value is -1.94. The summed E-state index contributed by atoms with van der Waals surface area (Å²) in [7, 11) is 0. The van der Waals surface area contributed by atoms with Gasteiger partial charge in [0.15, 0.2) is 5.82 Å². The molecule has 1 amide bonds. The van der Waals surface area contributed by atoms with Gasteiger partial charge in [0.1, 0.15) is 10.6 Å². The molecule has 2 N–H and O–H groups in total. The van der Waals surface area contributed by atoms with E-state index in [-0.39, 0.29) is 31.4 Å². The Labute approximate surface area is 161 Å². The number of benzene rings is 1. The van der Waals surface area contributed by atoms with Crippen LogP contribution in [0.5, 0.6) is 0 Å². The van der Waals surface area contributed by atoms with Crippen LogP contribution >= 0.6 is 11.8 Å². The van der Waals surface area contributed by atoms with E-state index >= 15 is 0 Å². The number of morpholine rings is 1. The summed E-state index contributed by atoms with van der Waals surface area (Å²) in [6, 6.07) is 7.69. The molecule has 2 aliphatic heterocycles. The SMILES string of the molecule is O=C(CSc1nc2ccccc2nc1N1CCOCC1)N1CC(O)(CO)C1. The number of amides is 1. The van der Waals surface area contributed by atoms with Gasteiger partial charge in [-0.3, -0.25) is 4.79 Å². The average Bonchev–Trinajstić information content (AvgIpc) is 2.69. The van der Waals surface area contributed by atoms with Crippen LogP contribution in [0.15, 0.2) is 29.3 Å². The first kappa shape index (κ1) is 18.4. The average molecular weight is 390 g/mol. The molecule has 2 fully saturated rings. The molecule has 0 atom stereocenters. The van der Waals surface area contributed by atoms with E-state index in [1.807, 2.05) is 24.3 Å². The molecule has 4 rings (SSSR count). The number of aliphatic hydroxyl groups excluding tert-OH is 1. The van der Waals surface area contributed by atoms with Crippen LogP contribution in [-0.4, -0.2) is 88.3 Å². The smallest absolute Gasteiger partial charge is 0.233 e. The molecular formula is C18H22N4O4S. The number of fused-ring (bicyclic) bond motifs is 1. The molecule has 1 aromatic heterocycles. The Morgan fingerprint density at radius 1 is 1.19 bits per heavy atom. The van der Waals surface area contributed by atoms with Gasteiger partial charge in [-0.2, -0.15) is 0 Å². The number of aromatic nitrogens is 2. The fraction of sp³-hybridized carbons (Fsp3) is 0.500. The lowest BCUT2D eigenvalue weighted by Crippen LogP contribution is -2.65. The van der Waals surface area contributed by atoms with Gasteiger partial charge < -0.3 is 24.7 Å². The van der Waals surface area contributed by atoms with Crippen LogP contribution in [0.3, 0.4) is 0 Å². The summed E-state index contributed by atoms with van der Waals surface area (Å²) in [5.74, 6) is 0.914. The molecule has 0 bridgehead atoms. The van der Waals surface area contributed by atoms with E-state index in [2.05, 4.69) is 4.90 Å². The number of thioether (sulfide) groups is 1. The third-order valence-corrected chi connectivity index (χ3v) is 5.72. The number of carbonyl (C=O) groups excluding carboxylic acids is 1. The van der Waals surface area contributed by atoms with Gasteiger partial charge in [0.05, 0.1) is 49.7 Å². The molecule has 9 heteroatoms. The summed E-state index contributed by atoms with van der Waals surface area (Å²) in [5.41, 5.74) is 0.468. The van der Waals surface area contributed by atoms with Crippen LogP contribution in [0.1, 0.15) is 0 Å². The highest BCUT2D eigenvalue weighted by Gasteiger charge is 2.42. The van der Waals surface area contributed by atoms with E-state index in [1.54, 1.807) is 4.90 Å². The number of hydrogen-bond acceptors (Lipinski definition) is 8. The highest BCUT2D eigenvalue weighted by atomic mass is 32.2. The quantitative estimate of drug-likeness (QED) is 0.695. The van der Waals surface area contributed by atoms with Crippen molar-refractivity contribution >= 4 is 34.5 Å². The molecular weight excluding hydrogens is 368 g/mol. The van der Waals surface area contributed by atoms with Crippen molar-refractivity contribution in [1.82, 2.24) is 14.9 Å². The van der Waals surface area contributed by atoms with Crippen LogP contribution in [0.4, 0.5) is 5.82 Å². The van der Waals surface area contributed by atoms with E-state index < -0.39 is 5.60 Å². The van der Waals surface area contributed by atoms with Crippen molar-refractivity contribution in [3.8, 4) is 0 Å². The van der Waals surface area contributed by atoms with E-state index in [0.717, 1.165) is 35.0 Å². The van der Waals surface area contributed by atoms with Crippen molar-refractivity contribution in [2.45, 2.75) is 10.6 Å². The molecule has 2 saturated heterocycles. The molecule has 0 saturated carbocycles. The summed E-state index contributed by atoms with van der Waals surface area (Å²) >= 11 is 1.36. The number of carbonyl (C=O) groups is 1. The normalized spacial score (nSPS) is 19.2. The van der Waals surface area contributed by atoms with Crippen LogP contribution < -0.4 is 4.90 Å². The highest BCUT2D eigenvalue weighted by molar-refractivity contribution is 8.00. The number of β-amino-alcohol motifs (C(OH)–C–C–N with tert-alkyl or cyclic N) is 1. The molecule has 2 aliphatic rings. The van der Waals surface area contributed by atoms with Crippen molar-refractivity contribution in [2.24, 2.45) is 0 Å². The van der Waals surface area contributed by atoms with Gasteiger partial charge in [0.2, 0.25) is 5.91 Å². The zero-order valence-corrected chi connectivity index (χ0v) is 15.7. The van der Waals surface area contributed by atoms with E-state index in [4.69, 9.17) is 19.8 Å². The summed E-state index contributed by atoms with van der Waals surface area (Å²) < 4.78 is 5.43. The first-order valence-electron chi connectivity index (χ1n) is 8.91. The maximum Gasteiger partial charge on any atom is 0.233 e. The molecule has 27 heavy (non-hydrogen) atoms. The monoisotopic (exact) mass is 390 g/mol. The molecule has 0 radical (unpaired) electrons. The van der Waals surface area contributed by atoms with E-state index in [1.165, 1.54) is 11.8 Å². The first-order valence-corrected chi connectivity index (χ1v) is 9.90. The molecule has 0 spiro atoms. The molecule has 8 nitrogen and oxygen atoms in total. The highest BCUT2D eigenvalue weighted by Crippen LogP contribution is 2.30. The van der Waals surface area contributed by atoms with Crippen molar-refractivity contribution in [2.75, 3.05) is 56.7 Å². The molecule has 1 aromatic carbocycles. The van der Waals surface area contributed by atoms with Crippen LogP contribution in [0.2, 0.25) is 0 Å². The topological polar surface area (TPSA) is 99.0 Å². The van der Waals surface area contributed by atoms with Crippen molar-refractivity contribution in [3.05, 3.63) is 24.3 Å². The van der Waals surface area contributed by atoms with Gasteiger partial charge in [-0.05, 0) is 12.1 Å². The van der Waals surface area contributed by atoms with Gasteiger partial charge in [-0.15, -0.1) is 0 Å². The Morgan fingerprint density at radius 3 is 2.52 bits per heavy atom. The van der Waals surface area contributed by atoms with Crippen LogP contribution in [-0.2, 0) is 9.53 Å². The maximum atomic E-state index is 12.4. The number of aliphatic hydroxyl groups is 2. The Morgan fingerprint density at radius 2 is 1.85 bits per heavy atom. The Kier molecular flexibility index (Phi) is 5.18. The number of likely N-dealkylation sites (tertiary alicyclic amines) is 1. The zero-order chi connectivity index (χ0) is 18.9. The summed E-state index contributed by atoms with van der Waals surface area (Å²) in [5, 5.41) is 19.7. The van der Waals surface area contributed by atoms with Gasteiger partial charge in [-0.25, -0.2) is 9.97 Å². The van der Waals surface area contributed by atoms with Crippen molar-refractivity contribution < 1.29 is 19.7 Å². The van der Waals surface area contributed by atoms with Crippen molar-refractivity contribution in [1.29, 1.82) is 0 Å². The fourth-order valence-corrected chi connectivity index (χ4v) is 4.12. The molecule has 0 aliphatic carbocycles. The second-order valence-corrected chi connectivity index (χ2v) is 7.83. The van der Waals surface area contributed by atoms with Crippen LogP contribution in [0, 0.1) is 0 Å². The third-order valence-electron chi connectivity index (χ3n) is 4.78. The lowest BCUT2D eigenvalue weighted by atomic mass is 9.95. The first-order chi connectivity index (χ1) is 13.1. The molecule has 3 heterocycles. The fourth-order valence-electron chi connectivity index (χ4n) is 3.21. The van der Waals surface area contributed by atoms with Gasteiger partial charge in [-0.1, -0.05) is 23.9 Å². The number of ether oxygens (including phenoxy) is 1. The molecule has 0 unspecified atom stereocenters. The standard InChI is InChI=1S/C18H22N4O4S/c23-12-18(25)10-22(11-18)15(24)9-27-17-16(21-5-7-26-8-6-21)19-13-3-1-2-4-14(13)20-17/h1-4,23,25H,5-12H2. The zero-order valence-electron chi connectivity index (χ0n) is 14.9. The number of nitrogens with zero attached hydrogens (tertiary/aromatic N) is 4. The predicted molar refractivity (Wildman–Crippen MR) is 102 cm³/mol. The van der Waals surface area contributed by atoms with Crippen molar-refractivity contribution in [3.63, 3.8) is 0 Å². The lowest BCUT2D eigenvalue weighted by Gasteiger charge is -2.45. The van der Waals surface area contributed by atoms with Gasteiger partial charge >= 0.3 is 0 Å². The van der Waals surface area contributed by atoms with Crippen LogP contribution in [0.25, 0.3) is 11.0 Å². The third kappa shape index (κ3) is 3.86. The minimum absolute atomic E-state index is 0.0824. The second kappa shape index (κ2) is 7.59. The number of hydrogen-bond donors (Lipinski definition) is 2. The number of anilines is 1. The lowest BCUT2D eigenvalue weighted by molar-refractivity contribution is -0.159. The van der Waals surface area contributed by atoms with Gasteiger partial charge in [0, 0.05) is 13.1 Å². The predicted octanol–water partition coefficient (Wildman–Crippen LogP) is 0.124. The van der Waals surface area contributed by atoms with E-state index in [0.29, 0.717) is 13.2 Å². The Bertz CT molecular complexity index is 837. The maximum absolute atomic E-state index is 12.4. The summed E-state index contributed by atoms with van der Waals surface area (Å²) in [6.07, 6.45) is 0.